The van der Waals surface area contributed by atoms with Gasteiger partial charge in [-0.3, -0.25) is 0 Å². The number of nitrogens with zero attached hydrogens (tertiary/aromatic N) is 2. The van der Waals surface area contributed by atoms with E-state index in [0.29, 0.717) is 0 Å². The molecule has 0 bridgehead atoms. The molecule has 0 aliphatic heterocycles. The molecule has 8 heteroatoms. The summed E-state index contributed by atoms with van der Waals surface area (Å²) in [5.41, 5.74) is -1.05. The molecule has 0 radical (unpaired) electrons. The average Bonchev–Trinajstić information content (AvgIpc) is 2.16. The molecule has 0 unspecified atom stereocenters. The Morgan fingerprint density at radius 1 is 1.67 bits per heavy atom. The second-order valence-corrected chi connectivity index (χ2v) is 2.96. The standard InChI is InChI=1S/C7H5ClF2N2O3/c8-4-1-3(2-13)5(6(9)10)11-7(4)12(14)15/h1,6,13H,2H2. The van der Waals surface area contributed by atoms with Crippen LogP contribution < -0.4 is 0 Å². The van der Waals surface area contributed by atoms with E-state index in [2.05, 4.69) is 4.98 Å². The Morgan fingerprint density at radius 3 is 2.67 bits per heavy atom. The minimum atomic E-state index is -3.00. The van der Waals surface area contributed by atoms with E-state index < -0.39 is 29.5 Å². The highest BCUT2D eigenvalue weighted by Crippen LogP contribution is 2.29. The Labute approximate surface area is 87.5 Å². The predicted molar refractivity (Wildman–Crippen MR) is 46.8 cm³/mol. The van der Waals surface area contributed by atoms with Crippen LogP contribution in [0.15, 0.2) is 6.07 Å². The molecule has 82 valence electrons. The van der Waals surface area contributed by atoms with Gasteiger partial charge >= 0.3 is 12.2 Å². The molecule has 5 nitrogen and oxygen atoms in total. The van der Waals surface area contributed by atoms with Crippen molar-refractivity contribution >= 4 is 17.4 Å². The Morgan fingerprint density at radius 2 is 2.27 bits per heavy atom. The molecule has 0 aromatic carbocycles. The van der Waals surface area contributed by atoms with Crippen LogP contribution in [0.1, 0.15) is 17.7 Å². The summed E-state index contributed by atoms with van der Waals surface area (Å²) in [4.78, 5) is 12.5. The number of aliphatic hydroxyl groups is 1. The van der Waals surface area contributed by atoms with E-state index in [4.69, 9.17) is 16.7 Å². The first kappa shape index (κ1) is 11.7. The van der Waals surface area contributed by atoms with E-state index in [1.54, 1.807) is 0 Å². The normalized spacial score (nSPS) is 10.7. The number of hydrogen-bond acceptors (Lipinski definition) is 4. The van der Waals surface area contributed by atoms with Gasteiger partial charge < -0.3 is 15.2 Å². The van der Waals surface area contributed by atoms with E-state index in [1.807, 2.05) is 0 Å². The minimum absolute atomic E-state index is 0.222. The van der Waals surface area contributed by atoms with Gasteiger partial charge in [0.25, 0.3) is 0 Å². The lowest BCUT2D eigenvalue weighted by molar-refractivity contribution is -0.389. The zero-order valence-electron chi connectivity index (χ0n) is 7.15. The van der Waals surface area contributed by atoms with Gasteiger partial charge in [-0.2, -0.15) is 0 Å². The van der Waals surface area contributed by atoms with E-state index in [-0.39, 0.29) is 10.6 Å². The van der Waals surface area contributed by atoms with Crippen LogP contribution >= 0.6 is 11.6 Å². The van der Waals surface area contributed by atoms with E-state index in [1.165, 1.54) is 0 Å². The molecule has 0 aliphatic rings. The van der Waals surface area contributed by atoms with Gasteiger partial charge in [0.2, 0.25) is 5.69 Å². The molecule has 0 saturated carbocycles. The molecule has 0 fully saturated rings. The molecule has 0 amide bonds. The van der Waals surface area contributed by atoms with E-state index in [0.717, 1.165) is 6.07 Å². The number of nitro groups is 1. The van der Waals surface area contributed by atoms with Crippen LogP contribution in [0.25, 0.3) is 0 Å². The fraction of sp³-hybridized carbons (Fsp3) is 0.286. The summed E-state index contributed by atoms with van der Waals surface area (Å²) in [5, 5.41) is 18.7. The minimum Gasteiger partial charge on any atom is -0.392 e. The zero-order valence-corrected chi connectivity index (χ0v) is 7.91. The SMILES string of the molecule is O=[N+]([O-])c1nc(C(F)F)c(CO)cc1Cl. The quantitative estimate of drug-likeness (QED) is 0.646. The summed E-state index contributed by atoms with van der Waals surface area (Å²) in [7, 11) is 0. The third kappa shape index (κ3) is 2.37. The first-order valence-corrected chi connectivity index (χ1v) is 4.08. The highest BCUT2D eigenvalue weighted by molar-refractivity contribution is 6.32. The number of hydrogen-bond donors (Lipinski definition) is 1. The lowest BCUT2D eigenvalue weighted by Crippen LogP contribution is -2.03. The van der Waals surface area contributed by atoms with Crippen LogP contribution in [0.2, 0.25) is 5.02 Å². The van der Waals surface area contributed by atoms with Crippen LogP contribution in [0, 0.1) is 10.1 Å². The number of alkyl halides is 2. The summed E-state index contributed by atoms with van der Waals surface area (Å²) in [6.07, 6.45) is -3.00. The van der Waals surface area contributed by atoms with Gasteiger partial charge in [-0.05, 0) is 16.0 Å². The number of pyridine rings is 1. The van der Waals surface area contributed by atoms with Crippen LogP contribution in [0.5, 0.6) is 0 Å². The van der Waals surface area contributed by atoms with Crippen molar-refractivity contribution in [3.05, 3.63) is 32.5 Å². The van der Waals surface area contributed by atoms with Gasteiger partial charge in [-0.1, -0.05) is 11.6 Å². The van der Waals surface area contributed by atoms with Crippen molar-refractivity contribution in [1.82, 2.24) is 4.98 Å². The Hall–Kier alpha value is -1.34. The van der Waals surface area contributed by atoms with Crippen molar-refractivity contribution in [2.75, 3.05) is 0 Å². The van der Waals surface area contributed by atoms with Crippen molar-refractivity contribution in [1.29, 1.82) is 0 Å². The molecule has 0 aliphatic carbocycles. The van der Waals surface area contributed by atoms with Crippen LogP contribution in [-0.2, 0) is 6.61 Å². The summed E-state index contributed by atoms with van der Waals surface area (Å²) < 4.78 is 24.7. The fourth-order valence-corrected chi connectivity index (χ4v) is 1.22. The molecule has 0 spiro atoms. The third-order valence-electron chi connectivity index (χ3n) is 1.62. The lowest BCUT2D eigenvalue weighted by Gasteiger charge is -2.02. The highest BCUT2D eigenvalue weighted by atomic mass is 35.5. The molecule has 15 heavy (non-hydrogen) atoms. The topological polar surface area (TPSA) is 76.3 Å². The Kier molecular flexibility index (Phi) is 3.48. The highest BCUT2D eigenvalue weighted by Gasteiger charge is 2.26. The van der Waals surface area contributed by atoms with Crippen molar-refractivity contribution in [3.63, 3.8) is 0 Å². The molecule has 1 heterocycles. The van der Waals surface area contributed by atoms with Gasteiger partial charge in [-0.15, -0.1) is 0 Å². The number of rotatable bonds is 3. The average molecular weight is 239 g/mol. The van der Waals surface area contributed by atoms with E-state index in [9.17, 15) is 18.9 Å². The maximum Gasteiger partial charge on any atom is 0.382 e. The van der Waals surface area contributed by atoms with E-state index >= 15 is 0 Å². The fourth-order valence-electron chi connectivity index (χ4n) is 0.974. The lowest BCUT2D eigenvalue weighted by atomic mass is 10.2. The van der Waals surface area contributed by atoms with Crippen LogP contribution in [-0.4, -0.2) is 15.0 Å². The smallest absolute Gasteiger partial charge is 0.382 e. The predicted octanol–water partition coefficient (Wildman–Crippen LogP) is 2.07. The van der Waals surface area contributed by atoms with Gasteiger partial charge in [0.05, 0.1) is 6.61 Å². The second-order valence-electron chi connectivity index (χ2n) is 2.55. The molecule has 1 rings (SSSR count). The van der Waals surface area contributed by atoms with Gasteiger partial charge in [0.15, 0.2) is 0 Å². The molecule has 1 N–H and O–H groups in total. The summed E-state index contributed by atoms with van der Waals surface area (Å²) in [6.45, 7) is -0.704. The second kappa shape index (κ2) is 4.45. The molecule has 0 atom stereocenters. The van der Waals surface area contributed by atoms with Crippen LogP contribution in [0.4, 0.5) is 14.6 Å². The van der Waals surface area contributed by atoms with Crippen LogP contribution in [0.3, 0.4) is 0 Å². The maximum absolute atomic E-state index is 12.4. The van der Waals surface area contributed by atoms with Gasteiger partial charge in [-0.25, -0.2) is 8.78 Å². The molecule has 0 saturated heterocycles. The zero-order chi connectivity index (χ0) is 11.6. The Bertz CT molecular complexity index is 400. The molecule has 1 aromatic rings. The molecule has 1 aromatic heterocycles. The van der Waals surface area contributed by atoms with Crippen molar-refractivity contribution in [2.45, 2.75) is 13.0 Å². The summed E-state index contributed by atoms with van der Waals surface area (Å²) in [5.74, 6) is -0.843. The third-order valence-corrected chi connectivity index (χ3v) is 1.90. The number of aromatic nitrogens is 1. The maximum atomic E-state index is 12.4. The number of halogens is 3. The summed E-state index contributed by atoms with van der Waals surface area (Å²) in [6, 6.07) is 0.911. The van der Waals surface area contributed by atoms with Crippen molar-refractivity contribution in [2.24, 2.45) is 0 Å². The molecular weight excluding hydrogens is 234 g/mol. The van der Waals surface area contributed by atoms with Gasteiger partial charge in [0.1, 0.15) is 5.02 Å². The number of aliphatic hydroxyl groups excluding tert-OH is 1. The monoisotopic (exact) mass is 238 g/mol. The first-order valence-electron chi connectivity index (χ1n) is 3.70. The Balaban J connectivity index is 3.37. The summed E-state index contributed by atoms with van der Waals surface area (Å²) >= 11 is 5.42. The first-order chi connectivity index (χ1) is 6.97. The van der Waals surface area contributed by atoms with Gasteiger partial charge in [0, 0.05) is 5.56 Å². The largest absolute Gasteiger partial charge is 0.392 e. The van der Waals surface area contributed by atoms with Crippen molar-refractivity contribution < 1.29 is 18.8 Å². The molecular formula is C7H5ClF2N2O3. The van der Waals surface area contributed by atoms with Crippen molar-refractivity contribution in [3.8, 4) is 0 Å².